The van der Waals surface area contributed by atoms with Crippen LogP contribution in [0.5, 0.6) is 0 Å². The van der Waals surface area contributed by atoms with Crippen LogP contribution in [-0.2, 0) is 9.53 Å². The molecule has 1 atom stereocenters. The largest absolute Gasteiger partial charge is 0.479 e. The Morgan fingerprint density at radius 2 is 2.00 bits per heavy atom. The molecular weight excluding hydrogens is 239 g/mol. The van der Waals surface area contributed by atoms with E-state index in [9.17, 15) is 18.0 Å². The molecule has 0 amide bonds. The highest BCUT2D eigenvalue weighted by Crippen LogP contribution is 2.16. The third-order valence-electron chi connectivity index (χ3n) is 2.20. The molecule has 102 valence electrons. The summed E-state index contributed by atoms with van der Waals surface area (Å²) in [6, 6.07) is 0. The number of nitrogens with zero attached hydrogens (tertiary/aromatic N) is 1. The quantitative estimate of drug-likeness (QED) is 0.719. The third kappa shape index (κ3) is 7.98. The Morgan fingerprint density at radius 1 is 1.41 bits per heavy atom. The van der Waals surface area contributed by atoms with Crippen molar-refractivity contribution >= 4 is 5.97 Å². The number of hydrogen-bond donors (Lipinski definition) is 1. The van der Waals surface area contributed by atoms with Gasteiger partial charge in [0.1, 0.15) is 0 Å². The van der Waals surface area contributed by atoms with E-state index in [4.69, 9.17) is 9.84 Å². The molecule has 0 saturated carbocycles. The number of carboxylic acid groups (broad SMARTS) is 1. The Bertz CT molecular complexity index is 233. The van der Waals surface area contributed by atoms with Gasteiger partial charge >= 0.3 is 12.1 Å². The van der Waals surface area contributed by atoms with Crippen LogP contribution in [0.15, 0.2) is 0 Å². The lowest BCUT2D eigenvalue weighted by molar-refractivity contribution is -0.153. The minimum Gasteiger partial charge on any atom is -0.479 e. The van der Waals surface area contributed by atoms with Crippen molar-refractivity contribution in [3.05, 3.63) is 0 Å². The number of alkyl halides is 3. The lowest BCUT2D eigenvalue weighted by Gasteiger charge is -2.23. The van der Waals surface area contributed by atoms with Crippen molar-refractivity contribution in [3.63, 3.8) is 0 Å². The van der Waals surface area contributed by atoms with E-state index in [1.54, 1.807) is 13.8 Å². The molecule has 0 aromatic rings. The standard InChI is InChI=1S/C10H18F3NO3/c1-3-14(7-10(11,12)13)6-5-8(9(15)16)17-4-2/h8H,3-7H2,1-2H3,(H,15,16). The Labute approximate surface area is 98.3 Å². The van der Waals surface area contributed by atoms with Crippen LogP contribution in [0.3, 0.4) is 0 Å². The smallest absolute Gasteiger partial charge is 0.401 e. The second kappa shape index (κ2) is 7.50. The van der Waals surface area contributed by atoms with Crippen molar-refractivity contribution < 1.29 is 27.8 Å². The maximum atomic E-state index is 12.1. The fourth-order valence-corrected chi connectivity index (χ4v) is 1.38. The average molecular weight is 257 g/mol. The minimum absolute atomic E-state index is 0.0486. The van der Waals surface area contributed by atoms with Crippen molar-refractivity contribution in [1.29, 1.82) is 0 Å². The van der Waals surface area contributed by atoms with Gasteiger partial charge in [0.25, 0.3) is 0 Å². The fourth-order valence-electron chi connectivity index (χ4n) is 1.38. The highest BCUT2D eigenvalue weighted by Gasteiger charge is 2.30. The highest BCUT2D eigenvalue weighted by atomic mass is 19.4. The summed E-state index contributed by atoms with van der Waals surface area (Å²) >= 11 is 0. The molecule has 17 heavy (non-hydrogen) atoms. The molecule has 0 aliphatic rings. The SMILES string of the molecule is CCOC(CCN(CC)CC(F)(F)F)C(=O)O. The summed E-state index contributed by atoms with van der Waals surface area (Å²) in [5.41, 5.74) is 0. The lowest BCUT2D eigenvalue weighted by atomic mass is 10.2. The fraction of sp³-hybridized carbons (Fsp3) is 0.900. The first kappa shape index (κ1) is 16.2. The maximum Gasteiger partial charge on any atom is 0.401 e. The van der Waals surface area contributed by atoms with Crippen LogP contribution in [0.2, 0.25) is 0 Å². The molecule has 0 heterocycles. The molecule has 7 heteroatoms. The summed E-state index contributed by atoms with van der Waals surface area (Å²) in [4.78, 5) is 11.9. The predicted molar refractivity (Wildman–Crippen MR) is 55.8 cm³/mol. The number of ether oxygens (including phenoxy) is 1. The van der Waals surface area contributed by atoms with Gasteiger partial charge in [-0.3, -0.25) is 4.90 Å². The summed E-state index contributed by atoms with van der Waals surface area (Å²) in [7, 11) is 0. The zero-order valence-corrected chi connectivity index (χ0v) is 9.96. The topological polar surface area (TPSA) is 49.8 Å². The zero-order chi connectivity index (χ0) is 13.5. The van der Waals surface area contributed by atoms with Crippen LogP contribution in [0.25, 0.3) is 0 Å². The van der Waals surface area contributed by atoms with E-state index in [2.05, 4.69) is 0 Å². The first-order chi connectivity index (χ1) is 7.80. The van der Waals surface area contributed by atoms with Gasteiger partial charge in [-0.05, 0) is 19.9 Å². The van der Waals surface area contributed by atoms with Crippen LogP contribution in [0, 0.1) is 0 Å². The normalized spacial score (nSPS) is 14.0. The molecule has 0 radical (unpaired) electrons. The number of carbonyl (C=O) groups is 1. The summed E-state index contributed by atoms with van der Waals surface area (Å²) in [6.07, 6.45) is -5.25. The number of carboxylic acids is 1. The van der Waals surface area contributed by atoms with E-state index < -0.39 is 24.8 Å². The molecule has 0 aromatic carbocycles. The van der Waals surface area contributed by atoms with Gasteiger partial charge in [-0.25, -0.2) is 4.79 Å². The number of rotatable bonds is 8. The molecule has 1 unspecified atom stereocenters. The highest BCUT2D eigenvalue weighted by molar-refractivity contribution is 5.72. The molecule has 0 aliphatic carbocycles. The summed E-state index contributed by atoms with van der Waals surface area (Å²) in [5, 5.41) is 8.76. The van der Waals surface area contributed by atoms with Crippen molar-refractivity contribution in [2.45, 2.75) is 32.5 Å². The first-order valence-corrected chi connectivity index (χ1v) is 5.43. The maximum absolute atomic E-state index is 12.1. The van der Waals surface area contributed by atoms with Crippen molar-refractivity contribution in [3.8, 4) is 0 Å². The third-order valence-corrected chi connectivity index (χ3v) is 2.20. The van der Waals surface area contributed by atoms with E-state index in [0.29, 0.717) is 0 Å². The minimum atomic E-state index is -4.26. The van der Waals surface area contributed by atoms with Gasteiger partial charge in [0.05, 0.1) is 6.54 Å². The number of aliphatic carboxylic acids is 1. The van der Waals surface area contributed by atoms with E-state index in [0.717, 1.165) is 4.90 Å². The van der Waals surface area contributed by atoms with Crippen molar-refractivity contribution in [2.75, 3.05) is 26.2 Å². The first-order valence-electron chi connectivity index (χ1n) is 5.43. The van der Waals surface area contributed by atoms with Crippen LogP contribution >= 0.6 is 0 Å². The van der Waals surface area contributed by atoms with E-state index in [1.165, 1.54) is 0 Å². The Balaban J connectivity index is 4.15. The van der Waals surface area contributed by atoms with Gasteiger partial charge in [-0.15, -0.1) is 0 Å². The van der Waals surface area contributed by atoms with Gasteiger partial charge in [0, 0.05) is 13.2 Å². The Kier molecular flexibility index (Phi) is 7.13. The molecule has 0 aromatic heterocycles. The molecule has 0 bridgehead atoms. The Morgan fingerprint density at radius 3 is 2.35 bits per heavy atom. The Hall–Kier alpha value is -0.820. The van der Waals surface area contributed by atoms with Crippen molar-refractivity contribution in [2.24, 2.45) is 0 Å². The lowest BCUT2D eigenvalue weighted by Crippen LogP contribution is -2.37. The van der Waals surface area contributed by atoms with Crippen molar-refractivity contribution in [1.82, 2.24) is 4.90 Å². The van der Waals surface area contributed by atoms with Gasteiger partial charge < -0.3 is 9.84 Å². The van der Waals surface area contributed by atoms with Gasteiger partial charge in [0.15, 0.2) is 6.10 Å². The summed E-state index contributed by atoms with van der Waals surface area (Å²) in [6.45, 7) is 2.71. The van der Waals surface area contributed by atoms with Crippen LogP contribution in [-0.4, -0.2) is 54.5 Å². The predicted octanol–water partition coefficient (Wildman–Crippen LogP) is 1.75. The second-order valence-corrected chi connectivity index (χ2v) is 3.55. The molecule has 0 fully saturated rings. The van der Waals surface area contributed by atoms with Gasteiger partial charge in [0.2, 0.25) is 0 Å². The zero-order valence-electron chi connectivity index (χ0n) is 9.96. The summed E-state index contributed by atoms with van der Waals surface area (Å²) in [5.74, 6) is -1.14. The van der Waals surface area contributed by atoms with Gasteiger partial charge in [-0.2, -0.15) is 13.2 Å². The molecule has 4 nitrogen and oxygen atoms in total. The van der Waals surface area contributed by atoms with E-state index >= 15 is 0 Å². The number of hydrogen-bond acceptors (Lipinski definition) is 3. The summed E-state index contributed by atoms with van der Waals surface area (Å²) < 4.78 is 41.3. The molecular formula is C10H18F3NO3. The van der Waals surface area contributed by atoms with Crippen LogP contribution in [0.1, 0.15) is 20.3 Å². The van der Waals surface area contributed by atoms with Crippen LogP contribution in [0.4, 0.5) is 13.2 Å². The molecule has 0 aliphatic heterocycles. The monoisotopic (exact) mass is 257 g/mol. The van der Waals surface area contributed by atoms with Gasteiger partial charge in [-0.1, -0.05) is 6.92 Å². The molecule has 1 N–H and O–H groups in total. The van der Waals surface area contributed by atoms with E-state index in [-0.39, 0.29) is 26.1 Å². The molecule has 0 saturated heterocycles. The second-order valence-electron chi connectivity index (χ2n) is 3.55. The molecule has 0 rings (SSSR count). The number of halogens is 3. The van der Waals surface area contributed by atoms with E-state index in [1.807, 2.05) is 0 Å². The average Bonchev–Trinajstić information content (AvgIpc) is 2.20. The van der Waals surface area contributed by atoms with Crippen LogP contribution < -0.4 is 0 Å². The molecule has 0 spiro atoms.